The molecule has 0 aromatic rings. The van der Waals surface area contributed by atoms with E-state index in [0.29, 0.717) is 19.1 Å². The summed E-state index contributed by atoms with van der Waals surface area (Å²) in [6.45, 7) is 5.55. The minimum absolute atomic E-state index is 0.0225. The van der Waals surface area contributed by atoms with Crippen molar-refractivity contribution in [3.05, 3.63) is 0 Å². The van der Waals surface area contributed by atoms with E-state index < -0.39 is 5.54 Å². The summed E-state index contributed by atoms with van der Waals surface area (Å²) in [6.07, 6.45) is 3.99. The van der Waals surface area contributed by atoms with Gasteiger partial charge in [-0.2, -0.15) is 0 Å². The van der Waals surface area contributed by atoms with E-state index in [0.717, 1.165) is 45.3 Å². The highest BCUT2D eigenvalue weighted by molar-refractivity contribution is 5.89. The molecule has 3 aliphatic heterocycles. The molecule has 124 valence electrons. The van der Waals surface area contributed by atoms with E-state index in [1.165, 1.54) is 0 Å². The number of nitrogens with one attached hydrogen (secondary N) is 1. The van der Waals surface area contributed by atoms with E-state index in [2.05, 4.69) is 17.1 Å². The van der Waals surface area contributed by atoms with Crippen molar-refractivity contribution in [1.82, 2.24) is 15.1 Å². The number of carbonyl (C=O) groups excluding carboxylic acids is 2. The standard InChI is InChI=1S/C16H27N3O3/c1-12-5-8-18(9-6-12)14(20)13-4-3-7-19(13)16(10-22-11-16)15(21)17-2/h12-13H,3-11H2,1-2H3,(H,17,21)/t13-/m0/s1. The van der Waals surface area contributed by atoms with Gasteiger partial charge in [0.25, 0.3) is 0 Å². The lowest BCUT2D eigenvalue weighted by atomic mass is 9.92. The monoisotopic (exact) mass is 309 g/mol. The summed E-state index contributed by atoms with van der Waals surface area (Å²) < 4.78 is 5.33. The Balaban J connectivity index is 1.72. The number of piperidine rings is 1. The number of amides is 2. The second kappa shape index (κ2) is 6.16. The number of carbonyl (C=O) groups is 2. The SMILES string of the molecule is CNC(=O)C1(N2CCC[C@H]2C(=O)N2CCC(C)CC2)COC1. The van der Waals surface area contributed by atoms with Gasteiger partial charge in [-0.15, -0.1) is 0 Å². The normalized spacial score (nSPS) is 29.2. The molecule has 1 atom stereocenters. The van der Waals surface area contributed by atoms with Crippen LogP contribution in [0.4, 0.5) is 0 Å². The van der Waals surface area contributed by atoms with Crippen LogP contribution in [0.2, 0.25) is 0 Å². The number of hydrogen-bond donors (Lipinski definition) is 1. The van der Waals surface area contributed by atoms with Gasteiger partial charge in [0, 0.05) is 26.7 Å². The predicted molar refractivity (Wildman–Crippen MR) is 82.3 cm³/mol. The molecule has 0 spiro atoms. The molecule has 3 aliphatic rings. The fourth-order valence-electron chi connectivity index (χ4n) is 3.93. The Kier molecular flexibility index (Phi) is 4.41. The van der Waals surface area contributed by atoms with Crippen molar-refractivity contribution in [2.75, 3.05) is 39.9 Å². The fraction of sp³-hybridized carbons (Fsp3) is 0.875. The van der Waals surface area contributed by atoms with Crippen molar-refractivity contribution in [1.29, 1.82) is 0 Å². The van der Waals surface area contributed by atoms with Gasteiger partial charge < -0.3 is 15.0 Å². The van der Waals surface area contributed by atoms with Crippen molar-refractivity contribution in [3.8, 4) is 0 Å². The van der Waals surface area contributed by atoms with Gasteiger partial charge in [0.05, 0.1) is 19.3 Å². The Labute approximate surface area is 132 Å². The summed E-state index contributed by atoms with van der Waals surface area (Å²) >= 11 is 0. The zero-order valence-corrected chi connectivity index (χ0v) is 13.6. The van der Waals surface area contributed by atoms with Gasteiger partial charge in [-0.25, -0.2) is 0 Å². The lowest BCUT2D eigenvalue weighted by Crippen LogP contribution is -2.71. The first-order valence-corrected chi connectivity index (χ1v) is 8.44. The van der Waals surface area contributed by atoms with Gasteiger partial charge in [-0.3, -0.25) is 14.5 Å². The zero-order valence-electron chi connectivity index (χ0n) is 13.6. The van der Waals surface area contributed by atoms with Crippen molar-refractivity contribution in [2.24, 2.45) is 5.92 Å². The Morgan fingerprint density at radius 2 is 1.82 bits per heavy atom. The molecule has 3 saturated heterocycles. The quantitative estimate of drug-likeness (QED) is 0.810. The number of likely N-dealkylation sites (N-methyl/N-ethyl adjacent to an activating group) is 1. The van der Waals surface area contributed by atoms with Gasteiger partial charge in [0.15, 0.2) is 0 Å². The Morgan fingerprint density at radius 3 is 2.36 bits per heavy atom. The molecule has 22 heavy (non-hydrogen) atoms. The fourth-order valence-corrected chi connectivity index (χ4v) is 3.93. The van der Waals surface area contributed by atoms with Crippen LogP contribution in [0.3, 0.4) is 0 Å². The molecule has 6 nitrogen and oxygen atoms in total. The van der Waals surface area contributed by atoms with Crippen LogP contribution in [0.5, 0.6) is 0 Å². The summed E-state index contributed by atoms with van der Waals surface area (Å²) in [4.78, 5) is 29.4. The molecule has 0 bridgehead atoms. The first-order chi connectivity index (χ1) is 10.6. The summed E-state index contributed by atoms with van der Waals surface area (Å²) in [5.41, 5.74) is -0.630. The maximum absolute atomic E-state index is 12.9. The molecule has 2 amide bonds. The summed E-state index contributed by atoms with van der Waals surface area (Å²) in [5, 5.41) is 2.74. The molecule has 0 aromatic heterocycles. The van der Waals surface area contributed by atoms with E-state index in [1.54, 1.807) is 7.05 Å². The number of ether oxygens (including phenoxy) is 1. The number of likely N-dealkylation sites (tertiary alicyclic amines) is 2. The highest BCUT2D eigenvalue weighted by atomic mass is 16.5. The van der Waals surface area contributed by atoms with Crippen molar-refractivity contribution >= 4 is 11.8 Å². The first-order valence-electron chi connectivity index (χ1n) is 8.44. The first kappa shape index (κ1) is 15.7. The van der Waals surface area contributed by atoms with Gasteiger partial charge in [-0.1, -0.05) is 6.92 Å². The summed E-state index contributed by atoms with van der Waals surface area (Å²) in [5.74, 6) is 0.895. The summed E-state index contributed by atoms with van der Waals surface area (Å²) in [7, 11) is 1.65. The minimum atomic E-state index is -0.630. The van der Waals surface area contributed by atoms with Crippen LogP contribution < -0.4 is 5.32 Å². The van der Waals surface area contributed by atoms with Crippen LogP contribution in [-0.4, -0.2) is 73.1 Å². The van der Waals surface area contributed by atoms with Crippen LogP contribution in [0.25, 0.3) is 0 Å². The van der Waals surface area contributed by atoms with E-state index in [1.807, 2.05) is 4.90 Å². The highest BCUT2D eigenvalue weighted by Crippen LogP contribution is 2.34. The Bertz CT molecular complexity index is 442. The van der Waals surface area contributed by atoms with Gasteiger partial charge in [0.2, 0.25) is 11.8 Å². The third-order valence-corrected chi connectivity index (χ3v) is 5.51. The Morgan fingerprint density at radius 1 is 1.14 bits per heavy atom. The van der Waals surface area contributed by atoms with Gasteiger partial charge in [0.1, 0.15) is 5.54 Å². The topological polar surface area (TPSA) is 61.9 Å². The van der Waals surface area contributed by atoms with Gasteiger partial charge >= 0.3 is 0 Å². The summed E-state index contributed by atoms with van der Waals surface area (Å²) in [6, 6.07) is -0.158. The second-order valence-corrected chi connectivity index (χ2v) is 6.96. The molecule has 6 heteroatoms. The van der Waals surface area contributed by atoms with Crippen molar-refractivity contribution in [2.45, 2.75) is 44.2 Å². The minimum Gasteiger partial charge on any atom is -0.376 e. The molecule has 0 aliphatic carbocycles. The van der Waals surface area contributed by atoms with Crippen LogP contribution in [0, 0.1) is 5.92 Å². The van der Waals surface area contributed by atoms with Crippen LogP contribution >= 0.6 is 0 Å². The molecule has 1 N–H and O–H groups in total. The molecule has 3 rings (SSSR count). The maximum Gasteiger partial charge on any atom is 0.245 e. The number of nitrogens with zero attached hydrogens (tertiary/aromatic N) is 2. The average Bonchev–Trinajstić information content (AvgIpc) is 2.95. The third kappa shape index (κ3) is 2.52. The molecule has 0 aromatic carbocycles. The molecular formula is C16H27N3O3. The third-order valence-electron chi connectivity index (χ3n) is 5.51. The maximum atomic E-state index is 12.9. The molecule has 3 fully saturated rings. The lowest BCUT2D eigenvalue weighted by Gasteiger charge is -2.48. The van der Waals surface area contributed by atoms with E-state index >= 15 is 0 Å². The van der Waals surface area contributed by atoms with Crippen LogP contribution in [-0.2, 0) is 14.3 Å². The molecule has 0 saturated carbocycles. The molecule has 0 unspecified atom stereocenters. The van der Waals surface area contributed by atoms with E-state index in [9.17, 15) is 9.59 Å². The predicted octanol–water partition coefficient (Wildman–Crippen LogP) is 0.224. The zero-order chi connectivity index (χ0) is 15.7. The highest BCUT2D eigenvalue weighted by Gasteiger charge is 2.55. The number of rotatable bonds is 3. The van der Waals surface area contributed by atoms with Crippen molar-refractivity contribution < 1.29 is 14.3 Å². The van der Waals surface area contributed by atoms with E-state index in [4.69, 9.17) is 4.74 Å². The lowest BCUT2D eigenvalue weighted by molar-refractivity contribution is -0.176. The van der Waals surface area contributed by atoms with Crippen LogP contribution in [0.15, 0.2) is 0 Å². The molecule has 0 radical (unpaired) electrons. The Hall–Kier alpha value is -1.14. The van der Waals surface area contributed by atoms with E-state index in [-0.39, 0.29) is 17.9 Å². The van der Waals surface area contributed by atoms with Crippen LogP contribution in [0.1, 0.15) is 32.6 Å². The van der Waals surface area contributed by atoms with Crippen molar-refractivity contribution in [3.63, 3.8) is 0 Å². The smallest absolute Gasteiger partial charge is 0.245 e. The second-order valence-electron chi connectivity index (χ2n) is 6.96. The molecular weight excluding hydrogens is 282 g/mol. The molecule has 3 heterocycles. The average molecular weight is 309 g/mol. The largest absolute Gasteiger partial charge is 0.376 e. The number of hydrogen-bond acceptors (Lipinski definition) is 4. The van der Waals surface area contributed by atoms with Gasteiger partial charge in [-0.05, 0) is 31.6 Å².